The first-order valence-electron chi connectivity index (χ1n) is 10.1. The van der Waals surface area contributed by atoms with Crippen LogP contribution in [0.1, 0.15) is 42.7 Å². The van der Waals surface area contributed by atoms with Crippen molar-refractivity contribution < 1.29 is 23.4 Å². The minimum absolute atomic E-state index is 0.0471. The number of aliphatic hydroxyl groups excluding tert-OH is 1. The topological polar surface area (TPSA) is 58.6 Å². The van der Waals surface area contributed by atoms with E-state index in [9.17, 15) is 18.7 Å². The van der Waals surface area contributed by atoms with Crippen LogP contribution in [-0.2, 0) is 4.74 Å². The molecule has 2 N–H and O–H groups in total. The van der Waals surface area contributed by atoms with Crippen molar-refractivity contribution in [2.45, 2.75) is 43.6 Å². The first-order chi connectivity index (χ1) is 14.0. The van der Waals surface area contributed by atoms with Crippen LogP contribution >= 0.6 is 0 Å². The molecule has 154 valence electrons. The van der Waals surface area contributed by atoms with Crippen LogP contribution in [0.5, 0.6) is 0 Å². The molecule has 1 fully saturated rings. The number of halogens is 2. The lowest BCUT2D eigenvalue weighted by Crippen LogP contribution is -2.45. The van der Waals surface area contributed by atoms with Gasteiger partial charge in [-0.15, -0.1) is 0 Å². The van der Waals surface area contributed by atoms with E-state index in [0.717, 1.165) is 22.3 Å². The number of carbonyl (C=O) groups is 1. The van der Waals surface area contributed by atoms with Crippen molar-refractivity contribution in [3.05, 3.63) is 59.7 Å². The van der Waals surface area contributed by atoms with Crippen LogP contribution in [-0.4, -0.2) is 36.4 Å². The highest BCUT2D eigenvalue weighted by Crippen LogP contribution is 2.44. The van der Waals surface area contributed by atoms with Gasteiger partial charge in [0.2, 0.25) is 5.92 Å². The third-order valence-electron chi connectivity index (χ3n) is 6.17. The molecular formula is C23H25F2NO3. The van der Waals surface area contributed by atoms with Gasteiger partial charge in [0.05, 0.1) is 12.6 Å². The summed E-state index contributed by atoms with van der Waals surface area (Å²) in [7, 11) is 0. The largest absolute Gasteiger partial charge is 0.449 e. The maximum absolute atomic E-state index is 13.4. The first-order valence-corrected chi connectivity index (χ1v) is 10.1. The van der Waals surface area contributed by atoms with Gasteiger partial charge >= 0.3 is 6.09 Å². The van der Waals surface area contributed by atoms with Gasteiger partial charge in [0.15, 0.2) is 0 Å². The summed E-state index contributed by atoms with van der Waals surface area (Å²) in [5, 5.41) is 12.3. The highest BCUT2D eigenvalue weighted by molar-refractivity contribution is 5.79. The highest BCUT2D eigenvalue weighted by atomic mass is 19.3. The molecule has 2 aromatic carbocycles. The van der Waals surface area contributed by atoms with Gasteiger partial charge in [-0.25, -0.2) is 13.6 Å². The van der Waals surface area contributed by atoms with E-state index in [4.69, 9.17) is 4.74 Å². The number of carbonyl (C=O) groups excluding carboxylic acids is 1. The molecule has 2 aliphatic rings. The summed E-state index contributed by atoms with van der Waals surface area (Å²) in [6.45, 7) is -0.110. The van der Waals surface area contributed by atoms with Gasteiger partial charge < -0.3 is 15.2 Å². The van der Waals surface area contributed by atoms with E-state index in [1.54, 1.807) is 0 Å². The number of hydrogen-bond acceptors (Lipinski definition) is 3. The fourth-order valence-electron chi connectivity index (χ4n) is 4.57. The molecule has 0 heterocycles. The number of alkyl carbamates (subject to hydrolysis) is 1. The number of amides is 1. The molecule has 0 bridgehead atoms. The second kappa shape index (κ2) is 8.11. The minimum Gasteiger partial charge on any atom is -0.449 e. The Hall–Kier alpha value is -2.47. The van der Waals surface area contributed by atoms with Crippen LogP contribution in [0.4, 0.5) is 13.6 Å². The van der Waals surface area contributed by atoms with Gasteiger partial charge in [0, 0.05) is 18.8 Å². The summed E-state index contributed by atoms with van der Waals surface area (Å²) in [5.74, 6) is -2.85. The van der Waals surface area contributed by atoms with Crippen molar-refractivity contribution in [3.63, 3.8) is 0 Å². The molecule has 1 saturated carbocycles. The zero-order chi connectivity index (χ0) is 20.4. The second-order valence-corrected chi connectivity index (χ2v) is 7.95. The normalized spacial score (nSPS) is 19.3. The fraction of sp³-hybridized carbons (Fsp3) is 0.435. The smallest absolute Gasteiger partial charge is 0.407 e. The molecule has 0 spiro atoms. The zero-order valence-corrected chi connectivity index (χ0v) is 16.1. The number of aliphatic hydroxyl groups is 1. The molecule has 0 saturated heterocycles. The molecule has 1 amide bonds. The van der Waals surface area contributed by atoms with Crippen molar-refractivity contribution in [1.29, 1.82) is 0 Å². The molecule has 4 nitrogen and oxygen atoms in total. The van der Waals surface area contributed by atoms with Crippen LogP contribution < -0.4 is 5.32 Å². The quantitative estimate of drug-likeness (QED) is 0.763. The molecule has 4 rings (SSSR count). The minimum atomic E-state index is -2.64. The summed E-state index contributed by atoms with van der Waals surface area (Å²) in [4.78, 5) is 12.4. The standard InChI is InChI=1S/C23H25F2NO3/c24-23(25)11-9-15(10-12-23)21(13-27)26-22(28)29-14-20-18-7-3-1-5-16(18)17-6-2-4-8-19(17)20/h1-8,15,20-21,27H,9-14H2,(H,26,28). The van der Waals surface area contributed by atoms with Crippen LogP contribution in [0.3, 0.4) is 0 Å². The van der Waals surface area contributed by atoms with E-state index in [-0.39, 0.29) is 50.7 Å². The Balaban J connectivity index is 1.38. The van der Waals surface area contributed by atoms with Crippen LogP contribution in [0.2, 0.25) is 0 Å². The average molecular weight is 401 g/mol. The van der Waals surface area contributed by atoms with E-state index < -0.39 is 18.1 Å². The summed E-state index contributed by atoms with van der Waals surface area (Å²) in [6.07, 6.45) is -0.478. The number of benzene rings is 2. The third-order valence-corrected chi connectivity index (χ3v) is 6.17. The van der Waals surface area contributed by atoms with Crippen molar-refractivity contribution in [3.8, 4) is 11.1 Å². The molecule has 1 unspecified atom stereocenters. The molecule has 0 aromatic heterocycles. The van der Waals surface area contributed by atoms with E-state index in [1.807, 2.05) is 36.4 Å². The van der Waals surface area contributed by atoms with Crippen molar-refractivity contribution in [2.75, 3.05) is 13.2 Å². The van der Waals surface area contributed by atoms with E-state index >= 15 is 0 Å². The SMILES string of the molecule is O=C(NC(CO)C1CCC(F)(F)CC1)OCC1c2ccccc2-c2ccccc21. The highest BCUT2D eigenvalue weighted by Gasteiger charge is 2.38. The third kappa shape index (κ3) is 4.13. The van der Waals surface area contributed by atoms with Crippen LogP contribution in [0.25, 0.3) is 11.1 Å². The summed E-state index contributed by atoms with van der Waals surface area (Å²) in [6, 6.07) is 15.6. The maximum atomic E-state index is 13.4. The molecule has 2 aromatic rings. The van der Waals surface area contributed by atoms with Gasteiger partial charge in [-0.3, -0.25) is 0 Å². The van der Waals surface area contributed by atoms with Gasteiger partial charge in [-0.05, 0) is 41.0 Å². The van der Waals surface area contributed by atoms with E-state index in [0.29, 0.717) is 0 Å². The number of fused-ring (bicyclic) bond motifs is 3. The van der Waals surface area contributed by atoms with E-state index in [1.165, 1.54) is 0 Å². The Morgan fingerprint density at radius 2 is 1.62 bits per heavy atom. The Labute approximate surface area is 168 Å². The fourth-order valence-corrected chi connectivity index (χ4v) is 4.57. The number of nitrogens with one attached hydrogen (secondary N) is 1. The van der Waals surface area contributed by atoms with Gasteiger partial charge in [0.1, 0.15) is 6.61 Å². The Morgan fingerprint density at radius 3 is 2.17 bits per heavy atom. The summed E-state index contributed by atoms with van der Waals surface area (Å²) in [5.41, 5.74) is 4.53. The Kier molecular flexibility index (Phi) is 5.54. The van der Waals surface area contributed by atoms with Gasteiger partial charge in [-0.2, -0.15) is 0 Å². The summed E-state index contributed by atoms with van der Waals surface area (Å²) >= 11 is 0. The lowest BCUT2D eigenvalue weighted by atomic mass is 9.82. The number of hydrogen-bond donors (Lipinski definition) is 2. The summed E-state index contributed by atoms with van der Waals surface area (Å²) < 4.78 is 32.2. The zero-order valence-electron chi connectivity index (χ0n) is 16.1. The van der Waals surface area contributed by atoms with Crippen molar-refractivity contribution in [2.24, 2.45) is 5.92 Å². The number of ether oxygens (including phenoxy) is 1. The monoisotopic (exact) mass is 401 g/mol. The molecular weight excluding hydrogens is 376 g/mol. The first kappa shape index (κ1) is 19.8. The predicted molar refractivity (Wildman–Crippen MR) is 106 cm³/mol. The molecule has 6 heteroatoms. The number of alkyl halides is 2. The van der Waals surface area contributed by atoms with Crippen molar-refractivity contribution in [1.82, 2.24) is 5.32 Å². The Morgan fingerprint density at radius 1 is 1.07 bits per heavy atom. The predicted octanol–water partition coefficient (Wildman–Crippen LogP) is 4.71. The maximum Gasteiger partial charge on any atom is 0.407 e. The second-order valence-electron chi connectivity index (χ2n) is 7.95. The van der Waals surface area contributed by atoms with Crippen molar-refractivity contribution >= 4 is 6.09 Å². The van der Waals surface area contributed by atoms with E-state index in [2.05, 4.69) is 17.4 Å². The molecule has 2 aliphatic carbocycles. The van der Waals surface area contributed by atoms with Crippen LogP contribution in [0, 0.1) is 5.92 Å². The molecule has 1 atom stereocenters. The lowest BCUT2D eigenvalue weighted by molar-refractivity contribution is -0.0514. The molecule has 0 radical (unpaired) electrons. The van der Waals surface area contributed by atoms with Crippen LogP contribution in [0.15, 0.2) is 48.5 Å². The van der Waals surface area contributed by atoms with Gasteiger partial charge in [-0.1, -0.05) is 48.5 Å². The molecule has 29 heavy (non-hydrogen) atoms. The number of rotatable bonds is 5. The molecule has 0 aliphatic heterocycles. The van der Waals surface area contributed by atoms with Gasteiger partial charge in [0.25, 0.3) is 0 Å². The Bertz CT molecular complexity index is 830. The average Bonchev–Trinajstić information content (AvgIpc) is 3.05. The lowest BCUT2D eigenvalue weighted by Gasteiger charge is -2.33.